The summed E-state index contributed by atoms with van der Waals surface area (Å²) in [5.74, 6) is 0. The van der Waals surface area contributed by atoms with Crippen molar-refractivity contribution in [2.75, 3.05) is 0 Å². The van der Waals surface area contributed by atoms with Crippen molar-refractivity contribution >= 4 is 10.9 Å². The van der Waals surface area contributed by atoms with E-state index in [1.54, 1.807) is 5.56 Å². The highest BCUT2D eigenvalue weighted by Gasteiger charge is 2.20. The van der Waals surface area contributed by atoms with Crippen LogP contribution in [0, 0.1) is 6.92 Å². The maximum Gasteiger partial charge on any atom is 0.0536 e. The van der Waals surface area contributed by atoms with Crippen LogP contribution >= 0.6 is 0 Å². The minimum Gasteiger partial charge on any atom is -0.313 e. The van der Waals surface area contributed by atoms with Gasteiger partial charge in [0.2, 0.25) is 0 Å². The minimum atomic E-state index is 1.21. The van der Waals surface area contributed by atoms with Crippen molar-refractivity contribution in [3.8, 4) is 5.69 Å². The zero-order valence-corrected chi connectivity index (χ0v) is 11.9. The first-order valence-corrected chi connectivity index (χ1v) is 7.53. The molecule has 0 fully saturated rings. The van der Waals surface area contributed by atoms with Gasteiger partial charge in [0.1, 0.15) is 0 Å². The molecular weight excluding hydrogens is 242 g/mol. The van der Waals surface area contributed by atoms with Gasteiger partial charge in [0, 0.05) is 16.8 Å². The quantitative estimate of drug-likeness (QED) is 0.592. The van der Waals surface area contributed by atoms with Gasteiger partial charge in [0.25, 0.3) is 0 Å². The SMILES string of the molecule is Cc1ccc2c3c(n(-c4ccccc4)c2c1)CCCC3. The Kier molecular flexibility index (Phi) is 2.66. The summed E-state index contributed by atoms with van der Waals surface area (Å²) >= 11 is 0. The van der Waals surface area contributed by atoms with E-state index in [2.05, 4.69) is 60.0 Å². The molecular formula is C19H19N. The van der Waals surface area contributed by atoms with Crippen LogP contribution in [0.2, 0.25) is 0 Å². The third-order valence-electron chi connectivity index (χ3n) is 4.44. The van der Waals surface area contributed by atoms with Gasteiger partial charge in [-0.2, -0.15) is 0 Å². The Hall–Kier alpha value is -2.02. The lowest BCUT2D eigenvalue weighted by atomic mass is 9.95. The zero-order valence-electron chi connectivity index (χ0n) is 11.9. The average Bonchev–Trinajstić information content (AvgIpc) is 2.81. The van der Waals surface area contributed by atoms with Crippen LogP contribution in [0.5, 0.6) is 0 Å². The van der Waals surface area contributed by atoms with Crippen molar-refractivity contribution < 1.29 is 0 Å². The van der Waals surface area contributed by atoms with Crippen LogP contribution in [-0.2, 0) is 12.8 Å². The van der Waals surface area contributed by atoms with Gasteiger partial charge in [-0.3, -0.25) is 0 Å². The van der Waals surface area contributed by atoms with Crippen LogP contribution in [0.1, 0.15) is 29.7 Å². The molecule has 0 saturated carbocycles. The molecule has 1 aliphatic carbocycles. The number of fused-ring (bicyclic) bond motifs is 3. The fourth-order valence-electron chi connectivity index (χ4n) is 3.53. The van der Waals surface area contributed by atoms with Gasteiger partial charge in [-0.15, -0.1) is 0 Å². The highest BCUT2D eigenvalue weighted by molar-refractivity contribution is 5.88. The molecule has 0 aliphatic heterocycles. The first-order valence-electron chi connectivity index (χ1n) is 7.53. The Bertz CT molecular complexity index is 765. The Morgan fingerprint density at radius 3 is 2.55 bits per heavy atom. The first-order chi connectivity index (χ1) is 9.84. The standard InChI is InChI=1S/C19H19N/c1-14-11-12-17-16-9-5-6-10-18(16)20(19(17)13-14)15-7-3-2-4-8-15/h2-4,7-8,11-13H,5-6,9-10H2,1H3. The van der Waals surface area contributed by atoms with Crippen LogP contribution in [0.3, 0.4) is 0 Å². The molecule has 1 heteroatoms. The Morgan fingerprint density at radius 2 is 1.70 bits per heavy atom. The molecule has 0 atom stereocenters. The van der Waals surface area contributed by atoms with Crippen molar-refractivity contribution in [2.24, 2.45) is 0 Å². The number of aryl methyl sites for hydroxylation is 2. The lowest BCUT2D eigenvalue weighted by molar-refractivity contribution is 0.667. The summed E-state index contributed by atoms with van der Waals surface area (Å²) in [4.78, 5) is 0. The number of benzene rings is 2. The highest BCUT2D eigenvalue weighted by Crippen LogP contribution is 2.34. The van der Waals surface area contributed by atoms with E-state index in [1.165, 1.54) is 53.5 Å². The van der Waals surface area contributed by atoms with Crippen molar-refractivity contribution in [2.45, 2.75) is 32.6 Å². The summed E-state index contributed by atoms with van der Waals surface area (Å²) in [7, 11) is 0. The highest BCUT2D eigenvalue weighted by atomic mass is 15.0. The molecule has 1 aliphatic rings. The van der Waals surface area contributed by atoms with E-state index in [1.807, 2.05) is 0 Å². The molecule has 2 aromatic carbocycles. The Labute approximate surface area is 119 Å². The molecule has 0 bridgehead atoms. The molecule has 20 heavy (non-hydrogen) atoms. The number of hydrogen-bond acceptors (Lipinski definition) is 0. The zero-order chi connectivity index (χ0) is 13.5. The monoisotopic (exact) mass is 261 g/mol. The molecule has 1 heterocycles. The molecule has 1 nitrogen and oxygen atoms in total. The van der Waals surface area contributed by atoms with Crippen molar-refractivity contribution in [1.82, 2.24) is 4.57 Å². The van der Waals surface area contributed by atoms with Crippen LogP contribution < -0.4 is 0 Å². The summed E-state index contributed by atoms with van der Waals surface area (Å²) < 4.78 is 2.48. The molecule has 0 radical (unpaired) electrons. The first kappa shape index (κ1) is 11.8. The predicted molar refractivity (Wildman–Crippen MR) is 84.7 cm³/mol. The topological polar surface area (TPSA) is 4.93 Å². The van der Waals surface area contributed by atoms with E-state index in [9.17, 15) is 0 Å². The van der Waals surface area contributed by atoms with Crippen LogP contribution in [-0.4, -0.2) is 4.57 Å². The van der Waals surface area contributed by atoms with Gasteiger partial charge in [-0.05, 0) is 61.9 Å². The van der Waals surface area contributed by atoms with Crippen LogP contribution in [0.25, 0.3) is 16.6 Å². The number of para-hydroxylation sites is 1. The van der Waals surface area contributed by atoms with Crippen molar-refractivity contribution in [3.63, 3.8) is 0 Å². The summed E-state index contributed by atoms with van der Waals surface area (Å²) in [6, 6.07) is 17.7. The molecule has 0 saturated heterocycles. The fourth-order valence-corrected chi connectivity index (χ4v) is 3.53. The van der Waals surface area contributed by atoms with E-state index in [4.69, 9.17) is 0 Å². The van der Waals surface area contributed by atoms with Gasteiger partial charge in [-0.1, -0.05) is 30.3 Å². The summed E-state index contributed by atoms with van der Waals surface area (Å²) in [6.45, 7) is 2.18. The second kappa shape index (κ2) is 4.52. The number of nitrogens with zero attached hydrogens (tertiary/aromatic N) is 1. The van der Waals surface area contributed by atoms with Crippen molar-refractivity contribution in [1.29, 1.82) is 0 Å². The molecule has 1 aromatic heterocycles. The van der Waals surface area contributed by atoms with Gasteiger partial charge in [0.05, 0.1) is 5.52 Å². The second-order valence-electron chi connectivity index (χ2n) is 5.82. The Morgan fingerprint density at radius 1 is 0.900 bits per heavy atom. The van der Waals surface area contributed by atoms with Crippen LogP contribution in [0.15, 0.2) is 48.5 Å². The minimum absolute atomic E-state index is 1.21. The van der Waals surface area contributed by atoms with Crippen molar-refractivity contribution in [3.05, 3.63) is 65.4 Å². The molecule has 0 spiro atoms. The van der Waals surface area contributed by atoms with E-state index in [0.29, 0.717) is 0 Å². The molecule has 0 unspecified atom stereocenters. The predicted octanol–water partition coefficient (Wildman–Crippen LogP) is 4.82. The summed E-state index contributed by atoms with van der Waals surface area (Å²) in [5.41, 5.74) is 7.12. The van der Waals surface area contributed by atoms with E-state index in [-0.39, 0.29) is 0 Å². The molecule has 0 amide bonds. The van der Waals surface area contributed by atoms with Gasteiger partial charge in [-0.25, -0.2) is 0 Å². The third kappa shape index (κ3) is 1.70. The Balaban J connectivity index is 2.10. The lowest BCUT2D eigenvalue weighted by Gasteiger charge is -2.16. The summed E-state index contributed by atoms with van der Waals surface area (Å²) in [6.07, 6.45) is 5.08. The maximum atomic E-state index is 2.48. The summed E-state index contributed by atoms with van der Waals surface area (Å²) in [5, 5.41) is 1.45. The van der Waals surface area contributed by atoms with Gasteiger partial charge >= 0.3 is 0 Å². The van der Waals surface area contributed by atoms with E-state index in [0.717, 1.165) is 0 Å². The maximum absolute atomic E-state index is 2.48. The average molecular weight is 261 g/mol. The smallest absolute Gasteiger partial charge is 0.0536 e. The molecule has 100 valence electrons. The second-order valence-corrected chi connectivity index (χ2v) is 5.82. The normalized spacial score (nSPS) is 14.4. The van der Waals surface area contributed by atoms with E-state index >= 15 is 0 Å². The van der Waals surface area contributed by atoms with E-state index < -0.39 is 0 Å². The lowest BCUT2D eigenvalue weighted by Crippen LogP contribution is -2.06. The van der Waals surface area contributed by atoms with Gasteiger partial charge in [0.15, 0.2) is 0 Å². The number of aromatic nitrogens is 1. The van der Waals surface area contributed by atoms with Gasteiger partial charge < -0.3 is 4.57 Å². The van der Waals surface area contributed by atoms with Crippen LogP contribution in [0.4, 0.5) is 0 Å². The molecule has 4 rings (SSSR count). The molecule has 3 aromatic rings. The third-order valence-corrected chi connectivity index (χ3v) is 4.44. The largest absolute Gasteiger partial charge is 0.313 e. The number of hydrogen-bond donors (Lipinski definition) is 0. The fraction of sp³-hybridized carbons (Fsp3) is 0.263. The number of rotatable bonds is 1. The molecule has 0 N–H and O–H groups in total.